The van der Waals surface area contributed by atoms with Crippen LogP contribution in [0.1, 0.15) is 11.1 Å². The van der Waals surface area contributed by atoms with Crippen molar-refractivity contribution in [1.82, 2.24) is 10.3 Å². The molecular weight excluding hydrogens is 304 g/mol. The van der Waals surface area contributed by atoms with Gasteiger partial charge in [-0.25, -0.2) is 4.98 Å². The number of aryl methyl sites for hydroxylation is 1. The average Bonchev–Trinajstić information content (AvgIpc) is 2.48. The Labute approximate surface area is 135 Å². The summed E-state index contributed by atoms with van der Waals surface area (Å²) in [5.74, 6) is 0. The molecule has 1 aromatic heterocycles. The van der Waals surface area contributed by atoms with Gasteiger partial charge in [-0.2, -0.15) is 0 Å². The fourth-order valence-corrected chi connectivity index (χ4v) is 3.00. The minimum absolute atomic E-state index is 0.686. The predicted molar refractivity (Wildman–Crippen MR) is 88.1 cm³/mol. The lowest BCUT2D eigenvalue weighted by Crippen LogP contribution is -2.19. The number of methoxy groups -OCH3 is 1. The summed E-state index contributed by atoms with van der Waals surface area (Å²) in [5, 5.41) is 4.88. The van der Waals surface area contributed by atoms with Gasteiger partial charge in [0.1, 0.15) is 5.03 Å². The molecule has 0 unspecified atom stereocenters. The van der Waals surface area contributed by atoms with Gasteiger partial charge in [-0.1, -0.05) is 29.4 Å². The van der Waals surface area contributed by atoms with Crippen molar-refractivity contribution in [1.29, 1.82) is 0 Å². The maximum Gasteiger partial charge on any atom is 0.119 e. The first-order valence-corrected chi connectivity index (χ1v) is 7.97. The van der Waals surface area contributed by atoms with E-state index in [9.17, 15) is 0 Å². The van der Waals surface area contributed by atoms with E-state index in [2.05, 4.69) is 35.4 Å². The molecule has 0 radical (unpaired) electrons. The molecule has 1 aromatic carbocycles. The summed E-state index contributed by atoms with van der Waals surface area (Å²) in [6.07, 6.45) is 1.76. The molecule has 0 aliphatic carbocycles. The summed E-state index contributed by atoms with van der Waals surface area (Å²) in [7, 11) is 1.71. The molecule has 0 amide bonds. The van der Waals surface area contributed by atoms with Crippen LogP contribution in [0.15, 0.2) is 46.5 Å². The second-order valence-corrected chi connectivity index (χ2v) is 6.12. The van der Waals surface area contributed by atoms with Gasteiger partial charge < -0.3 is 10.1 Å². The Morgan fingerprint density at radius 1 is 1.33 bits per heavy atom. The van der Waals surface area contributed by atoms with Gasteiger partial charge in [0, 0.05) is 31.3 Å². The summed E-state index contributed by atoms with van der Waals surface area (Å²) >= 11 is 7.72. The standard InChI is InChI=1S/C16H19ClN2OS/c1-12-10-14(21-16-15(17)4-3-7-19-16)6-5-13(12)11-18-8-9-20-2/h3-7,10,18H,8-9,11H2,1-2H3. The number of ether oxygens (including phenoxy) is 1. The Morgan fingerprint density at radius 2 is 2.19 bits per heavy atom. The molecule has 0 saturated carbocycles. The van der Waals surface area contributed by atoms with Gasteiger partial charge in [0.15, 0.2) is 0 Å². The van der Waals surface area contributed by atoms with Gasteiger partial charge in [0.2, 0.25) is 0 Å². The number of nitrogens with one attached hydrogen (secondary N) is 1. The summed E-state index contributed by atoms with van der Waals surface area (Å²) < 4.78 is 5.02. The normalized spacial score (nSPS) is 10.8. The third-order valence-electron chi connectivity index (χ3n) is 3.05. The quantitative estimate of drug-likeness (QED) is 0.783. The summed E-state index contributed by atoms with van der Waals surface area (Å²) in [4.78, 5) is 5.45. The monoisotopic (exact) mass is 322 g/mol. The van der Waals surface area contributed by atoms with E-state index < -0.39 is 0 Å². The maximum atomic E-state index is 6.14. The van der Waals surface area contributed by atoms with E-state index in [1.54, 1.807) is 25.1 Å². The van der Waals surface area contributed by atoms with Crippen LogP contribution in [-0.4, -0.2) is 25.2 Å². The topological polar surface area (TPSA) is 34.1 Å². The highest BCUT2D eigenvalue weighted by Gasteiger charge is 2.05. The van der Waals surface area contributed by atoms with Crippen LogP contribution >= 0.6 is 23.4 Å². The van der Waals surface area contributed by atoms with E-state index in [-0.39, 0.29) is 0 Å². The minimum Gasteiger partial charge on any atom is -0.383 e. The molecule has 1 N–H and O–H groups in total. The van der Waals surface area contributed by atoms with Crippen LogP contribution in [0.25, 0.3) is 0 Å². The van der Waals surface area contributed by atoms with Gasteiger partial charge in [-0.3, -0.25) is 0 Å². The van der Waals surface area contributed by atoms with Crippen molar-refractivity contribution in [2.75, 3.05) is 20.3 Å². The number of halogens is 1. The zero-order valence-electron chi connectivity index (χ0n) is 12.2. The molecule has 112 valence electrons. The number of rotatable bonds is 7. The average molecular weight is 323 g/mol. The number of nitrogens with zero attached hydrogens (tertiary/aromatic N) is 1. The van der Waals surface area contributed by atoms with E-state index in [0.29, 0.717) is 5.02 Å². The molecule has 0 aliphatic heterocycles. The Kier molecular flexibility index (Phi) is 6.51. The molecule has 0 saturated heterocycles. The van der Waals surface area contributed by atoms with Gasteiger partial charge in [0.25, 0.3) is 0 Å². The van der Waals surface area contributed by atoms with Gasteiger partial charge >= 0.3 is 0 Å². The number of aromatic nitrogens is 1. The van der Waals surface area contributed by atoms with Crippen molar-refractivity contribution < 1.29 is 4.74 Å². The summed E-state index contributed by atoms with van der Waals surface area (Å²) in [5.41, 5.74) is 2.56. The first kappa shape index (κ1) is 16.3. The lowest BCUT2D eigenvalue weighted by atomic mass is 10.1. The van der Waals surface area contributed by atoms with Gasteiger partial charge in [-0.05, 0) is 42.3 Å². The Hall–Kier alpha value is -1.07. The highest BCUT2D eigenvalue weighted by atomic mass is 35.5. The van der Waals surface area contributed by atoms with Crippen molar-refractivity contribution in [3.63, 3.8) is 0 Å². The molecule has 0 atom stereocenters. The first-order valence-electron chi connectivity index (χ1n) is 6.78. The highest BCUT2D eigenvalue weighted by Crippen LogP contribution is 2.32. The molecule has 0 spiro atoms. The van der Waals surface area contributed by atoms with Crippen LogP contribution in [0.3, 0.4) is 0 Å². The Balaban J connectivity index is 2.00. The van der Waals surface area contributed by atoms with E-state index in [1.165, 1.54) is 11.1 Å². The lowest BCUT2D eigenvalue weighted by Gasteiger charge is -2.10. The third-order valence-corrected chi connectivity index (χ3v) is 4.48. The van der Waals surface area contributed by atoms with Crippen LogP contribution < -0.4 is 5.32 Å². The van der Waals surface area contributed by atoms with E-state index in [0.717, 1.165) is 29.6 Å². The Morgan fingerprint density at radius 3 is 2.90 bits per heavy atom. The smallest absolute Gasteiger partial charge is 0.119 e. The Bertz CT molecular complexity index is 592. The summed E-state index contributed by atoms with van der Waals surface area (Å²) in [6.45, 7) is 4.56. The second-order valence-electron chi connectivity index (χ2n) is 4.65. The fourth-order valence-electron chi connectivity index (χ4n) is 1.89. The minimum atomic E-state index is 0.686. The molecule has 21 heavy (non-hydrogen) atoms. The molecule has 3 nitrogen and oxygen atoms in total. The molecule has 1 heterocycles. The predicted octanol–water partition coefficient (Wildman–Crippen LogP) is 3.93. The molecule has 0 aliphatic rings. The van der Waals surface area contributed by atoms with Crippen molar-refractivity contribution in [2.24, 2.45) is 0 Å². The molecular formula is C16H19ClN2OS. The van der Waals surface area contributed by atoms with E-state index in [4.69, 9.17) is 16.3 Å². The second kappa shape index (κ2) is 8.39. The van der Waals surface area contributed by atoms with Crippen molar-refractivity contribution in [3.8, 4) is 0 Å². The number of hydrogen-bond donors (Lipinski definition) is 1. The number of hydrogen-bond acceptors (Lipinski definition) is 4. The largest absolute Gasteiger partial charge is 0.383 e. The highest BCUT2D eigenvalue weighted by molar-refractivity contribution is 7.99. The first-order chi connectivity index (χ1) is 10.2. The van der Waals surface area contributed by atoms with E-state index >= 15 is 0 Å². The zero-order chi connectivity index (χ0) is 15.1. The summed E-state index contributed by atoms with van der Waals surface area (Å²) in [6, 6.07) is 10.1. The van der Waals surface area contributed by atoms with Crippen molar-refractivity contribution in [3.05, 3.63) is 52.7 Å². The third kappa shape index (κ3) is 5.00. The van der Waals surface area contributed by atoms with Crippen LogP contribution in [-0.2, 0) is 11.3 Å². The SMILES string of the molecule is COCCNCc1ccc(Sc2ncccc2Cl)cc1C. The van der Waals surface area contributed by atoms with Gasteiger partial charge in [-0.15, -0.1) is 0 Å². The number of benzene rings is 1. The van der Waals surface area contributed by atoms with E-state index in [1.807, 2.05) is 12.1 Å². The zero-order valence-corrected chi connectivity index (χ0v) is 13.8. The van der Waals surface area contributed by atoms with Crippen LogP contribution in [0.5, 0.6) is 0 Å². The molecule has 2 rings (SSSR count). The lowest BCUT2D eigenvalue weighted by molar-refractivity contribution is 0.199. The van der Waals surface area contributed by atoms with Crippen LogP contribution in [0, 0.1) is 6.92 Å². The van der Waals surface area contributed by atoms with Crippen molar-refractivity contribution in [2.45, 2.75) is 23.4 Å². The molecule has 0 bridgehead atoms. The fraction of sp³-hybridized carbons (Fsp3) is 0.312. The van der Waals surface area contributed by atoms with Crippen LogP contribution in [0.2, 0.25) is 5.02 Å². The van der Waals surface area contributed by atoms with Gasteiger partial charge in [0.05, 0.1) is 11.6 Å². The molecule has 2 aromatic rings. The van der Waals surface area contributed by atoms with Crippen LogP contribution in [0.4, 0.5) is 0 Å². The van der Waals surface area contributed by atoms with Crippen molar-refractivity contribution >= 4 is 23.4 Å². The maximum absolute atomic E-state index is 6.14. The molecule has 0 fully saturated rings. The molecule has 5 heteroatoms. The number of pyridine rings is 1.